The quantitative estimate of drug-likeness (QED) is 0.330. The molecule has 1 aliphatic carbocycles. The number of aliphatic imine (C=N–C) groups is 1. The molecule has 0 fully saturated rings. The molecule has 0 heterocycles. The Hall–Kier alpha value is -1.50. The van der Waals surface area contributed by atoms with Gasteiger partial charge in [-0.3, -0.25) is 4.99 Å². The molecule has 0 atom stereocenters. The van der Waals surface area contributed by atoms with Crippen molar-refractivity contribution in [3.8, 4) is 0 Å². The fourth-order valence-corrected chi connectivity index (χ4v) is 2.30. The summed E-state index contributed by atoms with van der Waals surface area (Å²) in [5.41, 5.74) is 5.34. The van der Waals surface area contributed by atoms with Gasteiger partial charge in [-0.05, 0) is 31.2 Å². The monoisotopic (exact) mass is 241 g/mol. The molecular weight excluding hydrogens is 226 g/mol. The van der Waals surface area contributed by atoms with Crippen LogP contribution in [0.5, 0.6) is 0 Å². The number of rotatable bonds is 5. The fraction of sp³-hybridized carbons (Fsp3) is 0.200. The lowest BCUT2D eigenvalue weighted by Gasteiger charge is -2.00. The van der Waals surface area contributed by atoms with Gasteiger partial charge < -0.3 is 0 Å². The molecule has 2 heteroatoms. The third-order valence-electron chi connectivity index (χ3n) is 2.44. The highest BCUT2D eigenvalue weighted by atomic mass is 32.2. The average Bonchev–Trinajstić information content (AvgIpc) is 2.89. The minimum absolute atomic E-state index is 0.852. The van der Waals surface area contributed by atoms with Crippen LogP contribution in [0, 0.1) is 0 Å². The maximum Gasteiger partial charge on any atom is 0.0487 e. The van der Waals surface area contributed by atoms with Gasteiger partial charge in [-0.15, -0.1) is 17.5 Å². The van der Waals surface area contributed by atoms with E-state index in [1.165, 1.54) is 4.90 Å². The maximum atomic E-state index is 4.55. The molecule has 1 aromatic carbocycles. The van der Waals surface area contributed by atoms with Crippen LogP contribution in [0.4, 0.5) is 0 Å². The van der Waals surface area contributed by atoms with E-state index < -0.39 is 0 Å². The Morgan fingerprint density at radius 1 is 1.29 bits per heavy atom. The first-order chi connectivity index (χ1) is 8.36. The molecule has 0 aromatic heterocycles. The normalized spacial score (nSPS) is 14.2. The molecule has 17 heavy (non-hydrogen) atoms. The van der Waals surface area contributed by atoms with E-state index in [9.17, 15) is 0 Å². The van der Waals surface area contributed by atoms with Crippen LogP contribution in [0.25, 0.3) is 0 Å². The largest absolute Gasteiger partial charge is 0.288 e. The molecule has 1 aliphatic rings. The topological polar surface area (TPSA) is 12.4 Å². The molecule has 0 unspecified atom stereocenters. The number of hydrogen-bond acceptors (Lipinski definition) is 2. The highest BCUT2D eigenvalue weighted by Gasteiger charge is 1.98. The van der Waals surface area contributed by atoms with Gasteiger partial charge >= 0.3 is 0 Å². The van der Waals surface area contributed by atoms with Crippen LogP contribution in [0.15, 0.2) is 69.8 Å². The molecule has 0 saturated carbocycles. The summed E-state index contributed by atoms with van der Waals surface area (Å²) in [6.45, 7) is 2.89. The second-order valence-electron chi connectivity index (χ2n) is 3.71. The van der Waals surface area contributed by atoms with Gasteiger partial charge in [-0.2, -0.15) is 0 Å². The van der Waals surface area contributed by atoms with Crippen LogP contribution in [0.2, 0.25) is 0 Å². The number of hydrogen-bond donors (Lipinski definition) is 0. The SMILES string of the molecule is CC(=NCCSc1ccccc1)C1=C=CC=C1. The van der Waals surface area contributed by atoms with Crippen molar-refractivity contribution in [2.75, 3.05) is 12.3 Å². The zero-order valence-corrected chi connectivity index (χ0v) is 10.7. The highest BCUT2D eigenvalue weighted by Crippen LogP contribution is 2.16. The number of nitrogens with zero attached hydrogens (tertiary/aromatic N) is 1. The Morgan fingerprint density at radius 2 is 2.12 bits per heavy atom. The van der Waals surface area contributed by atoms with Gasteiger partial charge in [0.25, 0.3) is 0 Å². The van der Waals surface area contributed by atoms with E-state index in [0.29, 0.717) is 0 Å². The Balaban J connectivity index is 1.78. The minimum Gasteiger partial charge on any atom is -0.288 e. The molecule has 0 amide bonds. The zero-order chi connectivity index (χ0) is 11.9. The van der Waals surface area contributed by atoms with E-state index >= 15 is 0 Å². The molecule has 0 saturated heterocycles. The Bertz CT molecular complexity index is 491. The minimum atomic E-state index is 0.852. The predicted octanol–water partition coefficient (Wildman–Crippen LogP) is 3.89. The van der Waals surface area contributed by atoms with Crippen LogP contribution >= 0.6 is 11.8 Å². The standard InChI is InChI=1S/C15H15NS/c1-13(14-7-5-6-8-14)16-11-12-17-15-9-3-2-4-10-15/h2-7,9-10H,11-12H2,1H3. The average molecular weight is 241 g/mol. The third-order valence-corrected chi connectivity index (χ3v) is 3.43. The lowest BCUT2D eigenvalue weighted by molar-refractivity contribution is 1.14. The van der Waals surface area contributed by atoms with E-state index in [-0.39, 0.29) is 0 Å². The highest BCUT2D eigenvalue weighted by molar-refractivity contribution is 7.99. The molecule has 0 radical (unpaired) electrons. The first kappa shape index (κ1) is 12.0. The summed E-state index contributed by atoms with van der Waals surface area (Å²) in [6, 6.07) is 10.4. The van der Waals surface area contributed by atoms with E-state index in [1.807, 2.05) is 43.0 Å². The van der Waals surface area contributed by atoms with Crippen molar-refractivity contribution in [2.24, 2.45) is 4.99 Å². The smallest absolute Gasteiger partial charge is 0.0487 e. The molecule has 0 N–H and O–H groups in total. The van der Waals surface area contributed by atoms with Crippen molar-refractivity contribution in [1.82, 2.24) is 0 Å². The van der Waals surface area contributed by atoms with Crippen LogP contribution in [0.1, 0.15) is 6.92 Å². The first-order valence-corrected chi connectivity index (χ1v) is 6.67. The molecule has 1 nitrogen and oxygen atoms in total. The van der Waals surface area contributed by atoms with Gasteiger partial charge in [0.15, 0.2) is 0 Å². The number of benzene rings is 1. The summed E-state index contributed by atoms with van der Waals surface area (Å²) < 4.78 is 0. The van der Waals surface area contributed by atoms with Crippen molar-refractivity contribution in [1.29, 1.82) is 0 Å². The van der Waals surface area contributed by atoms with Crippen molar-refractivity contribution in [3.63, 3.8) is 0 Å². The molecule has 0 spiro atoms. The number of allylic oxidation sites excluding steroid dienone is 3. The van der Waals surface area contributed by atoms with Crippen molar-refractivity contribution < 1.29 is 0 Å². The molecular formula is C15H15NS. The fourth-order valence-electron chi connectivity index (χ4n) is 1.53. The Labute approximate surface area is 107 Å². The molecule has 1 aromatic rings. The van der Waals surface area contributed by atoms with Gasteiger partial charge in [0.1, 0.15) is 0 Å². The lowest BCUT2D eigenvalue weighted by atomic mass is 10.2. The summed E-state index contributed by atoms with van der Waals surface area (Å²) in [7, 11) is 0. The third kappa shape index (κ3) is 3.77. The summed E-state index contributed by atoms with van der Waals surface area (Å²) in [5, 5.41) is 0. The second-order valence-corrected chi connectivity index (χ2v) is 4.88. The molecule has 86 valence electrons. The molecule has 0 bridgehead atoms. The summed E-state index contributed by atoms with van der Waals surface area (Å²) in [4.78, 5) is 5.85. The second kappa shape index (κ2) is 6.29. The van der Waals surface area contributed by atoms with E-state index in [2.05, 4.69) is 35.0 Å². The summed E-state index contributed by atoms with van der Waals surface area (Å²) in [5.74, 6) is 1.02. The molecule has 0 aliphatic heterocycles. The molecule has 2 rings (SSSR count). The van der Waals surface area contributed by atoms with E-state index in [1.54, 1.807) is 0 Å². The van der Waals surface area contributed by atoms with Crippen molar-refractivity contribution >= 4 is 17.5 Å². The van der Waals surface area contributed by atoms with Gasteiger partial charge in [0.2, 0.25) is 0 Å². The van der Waals surface area contributed by atoms with Crippen LogP contribution < -0.4 is 0 Å². The van der Waals surface area contributed by atoms with Gasteiger partial charge in [0, 0.05) is 28.5 Å². The van der Waals surface area contributed by atoms with Crippen LogP contribution in [-0.4, -0.2) is 18.0 Å². The van der Waals surface area contributed by atoms with Gasteiger partial charge in [0.05, 0.1) is 0 Å². The Morgan fingerprint density at radius 3 is 2.82 bits per heavy atom. The van der Waals surface area contributed by atoms with E-state index in [4.69, 9.17) is 0 Å². The maximum absolute atomic E-state index is 4.55. The van der Waals surface area contributed by atoms with Gasteiger partial charge in [-0.1, -0.05) is 24.3 Å². The predicted molar refractivity (Wildman–Crippen MR) is 75.9 cm³/mol. The lowest BCUT2D eigenvalue weighted by Crippen LogP contribution is -1.96. The van der Waals surface area contributed by atoms with Crippen LogP contribution in [-0.2, 0) is 0 Å². The van der Waals surface area contributed by atoms with Crippen LogP contribution in [0.3, 0.4) is 0 Å². The zero-order valence-electron chi connectivity index (χ0n) is 9.89. The summed E-state index contributed by atoms with van der Waals surface area (Å²) in [6.07, 6.45) is 5.96. The van der Waals surface area contributed by atoms with Crippen molar-refractivity contribution in [2.45, 2.75) is 11.8 Å². The first-order valence-electron chi connectivity index (χ1n) is 5.69. The summed E-state index contributed by atoms with van der Waals surface area (Å²) >= 11 is 1.84. The van der Waals surface area contributed by atoms with Crippen molar-refractivity contribution in [3.05, 3.63) is 59.9 Å². The van der Waals surface area contributed by atoms with E-state index in [0.717, 1.165) is 23.6 Å². The van der Waals surface area contributed by atoms with Gasteiger partial charge in [-0.25, -0.2) is 0 Å². The number of thioether (sulfide) groups is 1. The Kier molecular flexibility index (Phi) is 4.43.